The topological polar surface area (TPSA) is 62.1 Å². The van der Waals surface area contributed by atoms with Crippen LogP contribution in [0.3, 0.4) is 0 Å². The molecule has 4 rings (SSSR count). The highest BCUT2D eigenvalue weighted by Crippen LogP contribution is 2.45. The fourth-order valence-corrected chi connectivity index (χ4v) is 3.45. The Morgan fingerprint density at radius 3 is 2.50 bits per heavy atom. The molecule has 1 atom stereocenters. The van der Waals surface area contributed by atoms with Gasteiger partial charge in [-0.3, -0.25) is 10.1 Å². The zero-order valence-corrected chi connectivity index (χ0v) is 14.2. The van der Waals surface area contributed by atoms with Crippen molar-refractivity contribution in [1.29, 1.82) is 5.26 Å². The molecule has 0 aromatic heterocycles. The van der Waals surface area contributed by atoms with Crippen molar-refractivity contribution < 1.29 is 9.53 Å². The van der Waals surface area contributed by atoms with Gasteiger partial charge >= 0.3 is 0 Å². The summed E-state index contributed by atoms with van der Waals surface area (Å²) in [6.07, 6.45) is 0. The van der Waals surface area contributed by atoms with Gasteiger partial charge in [0.25, 0.3) is 0 Å². The highest BCUT2D eigenvalue weighted by molar-refractivity contribution is 5.90. The highest BCUT2D eigenvalue weighted by atomic mass is 16.5. The van der Waals surface area contributed by atoms with E-state index in [-0.39, 0.29) is 17.7 Å². The average molecular weight is 340 g/mol. The van der Waals surface area contributed by atoms with Gasteiger partial charge in [-0.05, 0) is 22.4 Å². The molecule has 0 saturated heterocycles. The van der Waals surface area contributed by atoms with Gasteiger partial charge in [-0.15, -0.1) is 0 Å². The summed E-state index contributed by atoms with van der Waals surface area (Å²) in [5.41, 5.74) is 2.32. The first-order chi connectivity index (χ1) is 12.7. The predicted molar refractivity (Wildman–Crippen MR) is 99.3 cm³/mol. The summed E-state index contributed by atoms with van der Waals surface area (Å²) in [5, 5.41) is 14.6. The first kappa shape index (κ1) is 15.9. The molecule has 0 spiro atoms. The van der Waals surface area contributed by atoms with Crippen molar-refractivity contribution in [1.82, 2.24) is 5.32 Å². The third-order valence-corrected chi connectivity index (χ3v) is 4.51. The minimum Gasteiger partial charge on any atom is -0.440 e. The highest BCUT2D eigenvalue weighted by Gasteiger charge is 2.33. The molecule has 1 aliphatic rings. The molecule has 1 amide bonds. The fraction of sp³-hybridized carbons (Fsp3) is 0.0909. The van der Waals surface area contributed by atoms with Crippen LogP contribution < -0.4 is 10.1 Å². The van der Waals surface area contributed by atoms with Gasteiger partial charge in [-0.1, -0.05) is 60.7 Å². The third kappa shape index (κ3) is 2.60. The maximum absolute atomic E-state index is 11.6. The Hall–Kier alpha value is -3.58. The molecule has 126 valence electrons. The molecular formula is C22H16N2O2. The van der Waals surface area contributed by atoms with E-state index in [1.54, 1.807) is 0 Å². The van der Waals surface area contributed by atoms with E-state index in [0.717, 1.165) is 21.9 Å². The number of hydrogen-bond acceptors (Lipinski definition) is 3. The summed E-state index contributed by atoms with van der Waals surface area (Å²) in [5.74, 6) is 0.277. The van der Waals surface area contributed by atoms with Crippen LogP contribution in [0, 0.1) is 11.3 Å². The minimum atomic E-state index is -0.308. The standard InChI is InChI=1S/C22H16N2O2/c1-14(25)24-22-18(13-23)20(16-8-3-2-4-9-16)21-17-10-6-5-7-15(17)11-12-19(21)26-22/h2-12,20H,1H3,(H,24,25)/t20-/m1/s1. The van der Waals surface area contributed by atoms with Crippen LogP contribution in [0.5, 0.6) is 5.75 Å². The Morgan fingerprint density at radius 1 is 1.04 bits per heavy atom. The Labute approximate surface area is 151 Å². The van der Waals surface area contributed by atoms with Crippen molar-refractivity contribution >= 4 is 16.7 Å². The van der Waals surface area contributed by atoms with Gasteiger partial charge in [0.1, 0.15) is 17.4 Å². The van der Waals surface area contributed by atoms with Gasteiger partial charge in [0.2, 0.25) is 11.8 Å². The number of nitrogens with zero attached hydrogens (tertiary/aromatic N) is 1. The molecular weight excluding hydrogens is 324 g/mol. The second-order valence-corrected chi connectivity index (χ2v) is 6.18. The fourth-order valence-electron chi connectivity index (χ4n) is 3.45. The van der Waals surface area contributed by atoms with Crippen LogP contribution in [-0.4, -0.2) is 5.91 Å². The molecule has 1 heterocycles. The van der Waals surface area contributed by atoms with Crippen LogP contribution in [0.1, 0.15) is 24.0 Å². The molecule has 0 fully saturated rings. The predicted octanol–water partition coefficient (Wildman–Crippen LogP) is 4.24. The van der Waals surface area contributed by atoms with Gasteiger partial charge in [0.15, 0.2) is 0 Å². The lowest BCUT2D eigenvalue weighted by molar-refractivity contribution is -0.118. The van der Waals surface area contributed by atoms with E-state index < -0.39 is 0 Å². The van der Waals surface area contributed by atoms with Gasteiger partial charge < -0.3 is 4.74 Å². The molecule has 4 nitrogen and oxygen atoms in total. The average Bonchev–Trinajstić information content (AvgIpc) is 2.67. The van der Waals surface area contributed by atoms with E-state index in [0.29, 0.717) is 11.3 Å². The summed E-state index contributed by atoms with van der Waals surface area (Å²) >= 11 is 0. The van der Waals surface area contributed by atoms with Crippen molar-refractivity contribution in [3.63, 3.8) is 0 Å². The van der Waals surface area contributed by atoms with Crippen LogP contribution >= 0.6 is 0 Å². The number of amides is 1. The van der Waals surface area contributed by atoms with E-state index in [1.165, 1.54) is 6.92 Å². The quantitative estimate of drug-likeness (QED) is 0.759. The van der Waals surface area contributed by atoms with Crippen LogP contribution in [-0.2, 0) is 4.79 Å². The number of ether oxygens (including phenoxy) is 1. The molecule has 0 saturated carbocycles. The van der Waals surface area contributed by atoms with Crippen molar-refractivity contribution in [2.75, 3.05) is 0 Å². The zero-order valence-electron chi connectivity index (χ0n) is 14.2. The number of benzene rings is 3. The second-order valence-electron chi connectivity index (χ2n) is 6.18. The number of carbonyl (C=O) groups excluding carboxylic acids is 1. The second kappa shape index (κ2) is 6.38. The maximum atomic E-state index is 11.6. The Balaban J connectivity index is 2.03. The number of fused-ring (bicyclic) bond motifs is 3. The largest absolute Gasteiger partial charge is 0.440 e. The van der Waals surface area contributed by atoms with Gasteiger partial charge in [0, 0.05) is 12.5 Å². The Bertz CT molecular complexity index is 1080. The number of carbonyl (C=O) groups is 1. The van der Waals surface area contributed by atoms with Crippen molar-refractivity contribution in [2.45, 2.75) is 12.8 Å². The van der Waals surface area contributed by atoms with Crippen LogP contribution in [0.25, 0.3) is 10.8 Å². The van der Waals surface area contributed by atoms with Crippen LogP contribution in [0.4, 0.5) is 0 Å². The van der Waals surface area contributed by atoms with E-state index in [4.69, 9.17) is 4.74 Å². The normalized spacial score (nSPS) is 15.8. The van der Waals surface area contributed by atoms with E-state index in [1.807, 2.05) is 66.7 Å². The molecule has 3 aromatic rings. The van der Waals surface area contributed by atoms with Crippen LogP contribution in [0.15, 0.2) is 78.2 Å². The number of nitriles is 1. The first-order valence-corrected chi connectivity index (χ1v) is 8.35. The zero-order chi connectivity index (χ0) is 18.1. The number of nitrogens with one attached hydrogen (secondary N) is 1. The summed E-state index contributed by atoms with van der Waals surface area (Å²) in [4.78, 5) is 11.6. The molecule has 0 bridgehead atoms. The lowest BCUT2D eigenvalue weighted by Gasteiger charge is -2.29. The summed E-state index contributed by atoms with van der Waals surface area (Å²) in [6.45, 7) is 1.40. The third-order valence-electron chi connectivity index (χ3n) is 4.51. The molecule has 3 aromatic carbocycles. The Morgan fingerprint density at radius 2 is 1.77 bits per heavy atom. The van der Waals surface area contributed by atoms with E-state index in [2.05, 4.69) is 11.4 Å². The number of hydrogen-bond donors (Lipinski definition) is 1. The van der Waals surface area contributed by atoms with E-state index in [9.17, 15) is 10.1 Å². The number of rotatable bonds is 2. The monoisotopic (exact) mass is 340 g/mol. The molecule has 4 heteroatoms. The first-order valence-electron chi connectivity index (χ1n) is 8.35. The molecule has 1 aliphatic heterocycles. The summed E-state index contributed by atoms with van der Waals surface area (Å²) in [6, 6.07) is 24.0. The summed E-state index contributed by atoms with van der Waals surface area (Å²) < 4.78 is 5.93. The minimum absolute atomic E-state index is 0.205. The summed E-state index contributed by atoms with van der Waals surface area (Å²) in [7, 11) is 0. The molecule has 26 heavy (non-hydrogen) atoms. The molecule has 0 aliphatic carbocycles. The molecule has 1 N–H and O–H groups in total. The van der Waals surface area contributed by atoms with Gasteiger partial charge in [-0.25, -0.2) is 0 Å². The smallest absolute Gasteiger partial charge is 0.223 e. The van der Waals surface area contributed by atoms with Gasteiger partial charge in [-0.2, -0.15) is 5.26 Å². The van der Waals surface area contributed by atoms with Crippen molar-refractivity contribution in [3.05, 3.63) is 89.3 Å². The SMILES string of the molecule is CC(=O)NC1=C(C#N)[C@@H](c2ccccc2)c2c(ccc3ccccc23)O1. The van der Waals surface area contributed by atoms with Crippen molar-refractivity contribution in [3.8, 4) is 11.8 Å². The Kier molecular flexibility index (Phi) is 3.91. The lowest BCUT2D eigenvalue weighted by Crippen LogP contribution is -2.29. The maximum Gasteiger partial charge on any atom is 0.223 e. The van der Waals surface area contributed by atoms with Crippen molar-refractivity contribution in [2.24, 2.45) is 0 Å². The van der Waals surface area contributed by atoms with Crippen LogP contribution in [0.2, 0.25) is 0 Å². The molecule has 0 unspecified atom stereocenters. The van der Waals surface area contributed by atoms with Gasteiger partial charge in [0.05, 0.1) is 5.92 Å². The van der Waals surface area contributed by atoms with E-state index >= 15 is 0 Å². The lowest BCUT2D eigenvalue weighted by atomic mass is 9.81. The molecule has 0 radical (unpaired) electrons. The number of allylic oxidation sites excluding steroid dienone is 1.